The molecule has 1 aromatic rings. The molecule has 1 aromatic carbocycles. The molecule has 4 heteroatoms. The standard InChI is InChI=1S/C13H15N3O/c1-10-11(13(17)14-2)5-3-6-12(10)16-8-4-7-15-9-16/h3-8H,9H2,1-2H3,(H,14,17). The van der Waals surface area contributed by atoms with E-state index in [9.17, 15) is 4.79 Å². The van der Waals surface area contributed by atoms with Gasteiger partial charge in [0.05, 0.1) is 0 Å². The fourth-order valence-corrected chi connectivity index (χ4v) is 1.86. The van der Waals surface area contributed by atoms with E-state index >= 15 is 0 Å². The zero-order chi connectivity index (χ0) is 12.3. The molecule has 1 aliphatic rings. The molecule has 1 amide bonds. The van der Waals surface area contributed by atoms with Crippen molar-refractivity contribution >= 4 is 17.8 Å². The van der Waals surface area contributed by atoms with Gasteiger partial charge in [-0.05, 0) is 30.7 Å². The number of anilines is 1. The van der Waals surface area contributed by atoms with E-state index in [1.54, 1.807) is 13.3 Å². The first-order chi connectivity index (χ1) is 8.24. The van der Waals surface area contributed by atoms with Crippen LogP contribution in [0.2, 0.25) is 0 Å². The van der Waals surface area contributed by atoms with Crippen molar-refractivity contribution in [2.75, 3.05) is 18.6 Å². The van der Waals surface area contributed by atoms with Gasteiger partial charge in [-0.3, -0.25) is 9.79 Å². The van der Waals surface area contributed by atoms with Crippen molar-refractivity contribution in [3.05, 3.63) is 41.6 Å². The Balaban J connectivity index is 2.38. The number of allylic oxidation sites excluding steroid dienone is 1. The van der Waals surface area contributed by atoms with Crippen LogP contribution in [-0.4, -0.2) is 25.8 Å². The smallest absolute Gasteiger partial charge is 0.251 e. The molecule has 4 nitrogen and oxygen atoms in total. The summed E-state index contributed by atoms with van der Waals surface area (Å²) in [4.78, 5) is 17.9. The molecule has 1 heterocycles. The van der Waals surface area contributed by atoms with Crippen LogP contribution in [-0.2, 0) is 0 Å². The number of amides is 1. The third-order valence-corrected chi connectivity index (χ3v) is 2.78. The highest BCUT2D eigenvalue weighted by Gasteiger charge is 2.13. The molecule has 0 saturated heterocycles. The summed E-state index contributed by atoms with van der Waals surface area (Å²) in [5.74, 6) is -0.0613. The minimum atomic E-state index is -0.0613. The lowest BCUT2D eigenvalue weighted by Crippen LogP contribution is -2.23. The lowest BCUT2D eigenvalue weighted by Gasteiger charge is -2.23. The lowest BCUT2D eigenvalue weighted by molar-refractivity contribution is 0.0962. The quantitative estimate of drug-likeness (QED) is 0.839. The van der Waals surface area contributed by atoms with E-state index in [1.807, 2.05) is 42.3 Å². The van der Waals surface area contributed by atoms with Gasteiger partial charge in [-0.2, -0.15) is 0 Å². The summed E-state index contributed by atoms with van der Waals surface area (Å²) in [5.41, 5.74) is 2.68. The fourth-order valence-electron chi connectivity index (χ4n) is 1.86. The number of benzene rings is 1. The fraction of sp³-hybridized carbons (Fsp3) is 0.231. The Morgan fingerprint density at radius 3 is 2.94 bits per heavy atom. The molecule has 1 aliphatic heterocycles. The summed E-state index contributed by atoms with van der Waals surface area (Å²) in [7, 11) is 1.64. The van der Waals surface area contributed by atoms with Gasteiger partial charge in [0.1, 0.15) is 6.67 Å². The van der Waals surface area contributed by atoms with Crippen LogP contribution in [0.15, 0.2) is 35.5 Å². The van der Waals surface area contributed by atoms with Crippen LogP contribution in [0.4, 0.5) is 5.69 Å². The van der Waals surface area contributed by atoms with Crippen molar-refractivity contribution in [3.63, 3.8) is 0 Å². The summed E-state index contributed by atoms with van der Waals surface area (Å²) in [6.07, 6.45) is 5.62. The molecule has 0 fully saturated rings. The van der Waals surface area contributed by atoms with Crippen LogP contribution in [0.3, 0.4) is 0 Å². The predicted molar refractivity (Wildman–Crippen MR) is 69.5 cm³/mol. The van der Waals surface area contributed by atoms with E-state index < -0.39 is 0 Å². The Labute approximate surface area is 101 Å². The average Bonchev–Trinajstić information content (AvgIpc) is 2.39. The van der Waals surface area contributed by atoms with Crippen molar-refractivity contribution < 1.29 is 4.79 Å². The van der Waals surface area contributed by atoms with E-state index in [1.165, 1.54) is 0 Å². The Morgan fingerprint density at radius 2 is 2.29 bits per heavy atom. The van der Waals surface area contributed by atoms with Crippen LogP contribution in [0.25, 0.3) is 0 Å². The number of hydrogen-bond donors (Lipinski definition) is 1. The van der Waals surface area contributed by atoms with Gasteiger partial charge in [-0.25, -0.2) is 0 Å². The summed E-state index contributed by atoms with van der Waals surface area (Å²) in [5, 5.41) is 2.65. The Morgan fingerprint density at radius 1 is 1.47 bits per heavy atom. The molecule has 2 rings (SSSR count). The molecule has 0 atom stereocenters. The van der Waals surface area contributed by atoms with Gasteiger partial charge < -0.3 is 10.2 Å². The number of nitrogens with one attached hydrogen (secondary N) is 1. The highest BCUT2D eigenvalue weighted by atomic mass is 16.1. The molecule has 1 N–H and O–H groups in total. The van der Waals surface area contributed by atoms with Crippen LogP contribution in [0, 0.1) is 6.92 Å². The minimum absolute atomic E-state index is 0.0613. The maximum atomic E-state index is 11.7. The number of nitrogens with zero attached hydrogens (tertiary/aromatic N) is 2. The van der Waals surface area contributed by atoms with Crippen LogP contribution in [0.1, 0.15) is 15.9 Å². The monoisotopic (exact) mass is 229 g/mol. The van der Waals surface area contributed by atoms with Gasteiger partial charge in [0.2, 0.25) is 0 Å². The third kappa shape index (κ3) is 2.20. The molecule has 0 aliphatic carbocycles. The molecule has 17 heavy (non-hydrogen) atoms. The first-order valence-corrected chi connectivity index (χ1v) is 5.49. The van der Waals surface area contributed by atoms with Crippen molar-refractivity contribution in [2.45, 2.75) is 6.92 Å². The summed E-state index contributed by atoms with van der Waals surface area (Å²) in [6.45, 7) is 2.54. The topological polar surface area (TPSA) is 44.7 Å². The van der Waals surface area contributed by atoms with Crippen LogP contribution in [0.5, 0.6) is 0 Å². The number of hydrogen-bond acceptors (Lipinski definition) is 3. The van der Waals surface area contributed by atoms with Gasteiger partial charge in [-0.15, -0.1) is 0 Å². The molecular formula is C13H15N3O. The van der Waals surface area contributed by atoms with Crippen LogP contribution < -0.4 is 10.2 Å². The van der Waals surface area contributed by atoms with E-state index in [-0.39, 0.29) is 5.91 Å². The van der Waals surface area contributed by atoms with Gasteiger partial charge in [0.25, 0.3) is 5.91 Å². The molecule has 0 spiro atoms. The molecule has 0 unspecified atom stereocenters. The number of aliphatic imine (C=N–C) groups is 1. The second-order valence-corrected chi connectivity index (χ2v) is 3.81. The third-order valence-electron chi connectivity index (χ3n) is 2.78. The maximum Gasteiger partial charge on any atom is 0.251 e. The second kappa shape index (κ2) is 4.82. The van der Waals surface area contributed by atoms with Gasteiger partial charge >= 0.3 is 0 Å². The van der Waals surface area contributed by atoms with Crippen molar-refractivity contribution in [2.24, 2.45) is 4.99 Å². The maximum absolute atomic E-state index is 11.7. The Bertz CT molecular complexity index is 491. The molecule has 0 aromatic heterocycles. The number of rotatable bonds is 2. The average molecular weight is 229 g/mol. The van der Waals surface area contributed by atoms with E-state index in [0.717, 1.165) is 11.3 Å². The lowest BCUT2D eigenvalue weighted by atomic mass is 10.1. The van der Waals surface area contributed by atoms with Gasteiger partial charge in [0.15, 0.2) is 0 Å². The highest BCUT2D eigenvalue weighted by Crippen LogP contribution is 2.24. The molecular weight excluding hydrogens is 214 g/mol. The normalized spacial score (nSPS) is 13.9. The van der Waals surface area contributed by atoms with E-state index in [2.05, 4.69) is 10.3 Å². The zero-order valence-electron chi connectivity index (χ0n) is 9.97. The predicted octanol–water partition coefficient (Wildman–Crippen LogP) is 1.72. The molecule has 0 bridgehead atoms. The SMILES string of the molecule is CNC(=O)c1cccc(N2C=CC=NC2)c1C. The van der Waals surface area contributed by atoms with Crippen molar-refractivity contribution in [3.8, 4) is 0 Å². The van der Waals surface area contributed by atoms with Crippen molar-refractivity contribution in [1.82, 2.24) is 5.32 Å². The summed E-state index contributed by atoms with van der Waals surface area (Å²) >= 11 is 0. The summed E-state index contributed by atoms with van der Waals surface area (Å²) in [6, 6.07) is 5.71. The zero-order valence-corrected chi connectivity index (χ0v) is 9.97. The van der Waals surface area contributed by atoms with E-state index in [4.69, 9.17) is 0 Å². The first-order valence-electron chi connectivity index (χ1n) is 5.49. The van der Waals surface area contributed by atoms with E-state index in [0.29, 0.717) is 12.2 Å². The summed E-state index contributed by atoms with van der Waals surface area (Å²) < 4.78 is 0. The van der Waals surface area contributed by atoms with Crippen molar-refractivity contribution in [1.29, 1.82) is 0 Å². The highest BCUT2D eigenvalue weighted by molar-refractivity contribution is 5.97. The first kappa shape index (κ1) is 11.4. The van der Waals surface area contributed by atoms with Gasteiger partial charge in [-0.1, -0.05) is 6.07 Å². The largest absolute Gasteiger partial charge is 0.355 e. The number of carbonyl (C=O) groups excluding carboxylic acids is 1. The van der Waals surface area contributed by atoms with Gasteiger partial charge in [0, 0.05) is 30.7 Å². The minimum Gasteiger partial charge on any atom is -0.355 e. The number of carbonyl (C=O) groups is 1. The Kier molecular flexibility index (Phi) is 3.23. The molecule has 0 saturated carbocycles. The second-order valence-electron chi connectivity index (χ2n) is 3.81. The molecule has 0 radical (unpaired) electrons. The molecule has 88 valence electrons. The Hall–Kier alpha value is -2.10. The van der Waals surface area contributed by atoms with Crippen LogP contribution >= 0.6 is 0 Å².